The van der Waals surface area contributed by atoms with Crippen LogP contribution in [0.15, 0.2) is 30.5 Å². The van der Waals surface area contributed by atoms with Crippen LogP contribution in [0.2, 0.25) is 0 Å². The molecule has 0 aliphatic rings. The molecule has 0 saturated carbocycles. The summed E-state index contributed by atoms with van der Waals surface area (Å²) < 4.78 is 14.7. The van der Waals surface area contributed by atoms with Crippen LogP contribution in [0.1, 0.15) is 5.56 Å². The molecule has 0 bridgehead atoms. The zero-order valence-electron chi connectivity index (χ0n) is 11.7. The Morgan fingerprint density at radius 3 is 2.35 bits per heavy atom. The van der Waals surface area contributed by atoms with E-state index in [0.717, 1.165) is 5.56 Å². The van der Waals surface area contributed by atoms with E-state index in [4.69, 9.17) is 9.47 Å². The molecule has 1 amide bonds. The Kier molecular flexibility index (Phi) is 5.58. The first-order valence-electron chi connectivity index (χ1n) is 5.79. The molecule has 0 fully saturated rings. The van der Waals surface area contributed by atoms with E-state index >= 15 is 0 Å². The number of benzene rings is 1. The fourth-order valence-electron chi connectivity index (χ4n) is 1.56. The quantitative estimate of drug-likeness (QED) is 0.622. The van der Waals surface area contributed by atoms with Crippen LogP contribution < -0.4 is 14.8 Å². The minimum Gasteiger partial charge on any atom is -0.493 e. The summed E-state index contributed by atoms with van der Waals surface area (Å²) in [7, 11) is 4.26. The SMILES string of the molecule is C=C(NC(=O)Cc1ccc(OC)c(OC)c1)C(=O)OC. The third kappa shape index (κ3) is 4.01. The van der Waals surface area contributed by atoms with Crippen LogP contribution in [0, 0.1) is 0 Å². The molecular formula is C14H17NO5. The van der Waals surface area contributed by atoms with Gasteiger partial charge in [-0.05, 0) is 17.7 Å². The fourth-order valence-corrected chi connectivity index (χ4v) is 1.56. The highest BCUT2D eigenvalue weighted by Gasteiger charge is 2.12. The van der Waals surface area contributed by atoms with Gasteiger partial charge in [-0.15, -0.1) is 0 Å². The van der Waals surface area contributed by atoms with Gasteiger partial charge in [0.05, 0.1) is 27.8 Å². The van der Waals surface area contributed by atoms with Gasteiger partial charge < -0.3 is 19.5 Å². The summed E-state index contributed by atoms with van der Waals surface area (Å²) in [5.74, 6) is 0.0681. The molecular weight excluding hydrogens is 262 g/mol. The molecule has 0 heterocycles. The lowest BCUT2D eigenvalue weighted by molar-refractivity contribution is -0.137. The first kappa shape index (κ1) is 15.6. The normalized spacial score (nSPS) is 9.55. The van der Waals surface area contributed by atoms with E-state index in [-0.39, 0.29) is 18.0 Å². The molecule has 0 radical (unpaired) electrons. The summed E-state index contributed by atoms with van der Waals surface area (Å²) in [6.45, 7) is 3.42. The smallest absolute Gasteiger partial charge is 0.353 e. The van der Waals surface area contributed by atoms with Gasteiger partial charge in [0.15, 0.2) is 11.5 Å². The van der Waals surface area contributed by atoms with Crippen LogP contribution in [0.25, 0.3) is 0 Å². The molecule has 1 aromatic rings. The maximum Gasteiger partial charge on any atom is 0.353 e. The Bertz CT molecular complexity index is 524. The number of amides is 1. The lowest BCUT2D eigenvalue weighted by atomic mass is 10.1. The number of esters is 1. The van der Waals surface area contributed by atoms with Gasteiger partial charge in [0, 0.05) is 0 Å². The number of hydrogen-bond donors (Lipinski definition) is 1. The third-order valence-electron chi connectivity index (χ3n) is 2.53. The molecule has 108 valence electrons. The van der Waals surface area contributed by atoms with Crippen molar-refractivity contribution in [2.75, 3.05) is 21.3 Å². The molecule has 6 nitrogen and oxygen atoms in total. The molecule has 6 heteroatoms. The zero-order chi connectivity index (χ0) is 15.1. The second-order valence-corrected chi connectivity index (χ2v) is 3.88. The Morgan fingerprint density at radius 2 is 1.80 bits per heavy atom. The topological polar surface area (TPSA) is 73.9 Å². The minimum absolute atomic E-state index is 0.0797. The van der Waals surface area contributed by atoms with E-state index < -0.39 is 5.97 Å². The van der Waals surface area contributed by atoms with Gasteiger partial charge in [0.25, 0.3) is 0 Å². The highest BCUT2D eigenvalue weighted by molar-refractivity contribution is 5.93. The van der Waals surface area contributed by atoms with E-state index in [1.54, 1.807) is 18.2 Å². The van der Waals surface area contributed by atoms with Gasteiger partial charge in [-0.2, -0.15) is 0 Å². The van der Waals surface area contributed by atoms with Gasteiger partial charge in [0.1, 0.15) is 5.70 Å². The monoisotopic (exact) mass is 279 g/mol. The molecule has 0 spiro atoms. The summed E-state index contributed by atoms with van der Waals surface area (Å²) in [5.41, 5.74) is 0.621. The molecule has 1 rings (SSSR count). The maximum absolute atomic E-state index is 11.7. The van der Waals surface area contributed by atoms with Crippen LogP contribution in [0.3, 0.4) is 0 Å². The van der Waals surface area contributed by atoms with Crippen molar-refractivity contribution < 1.29 is 23.8 Å². The van der Waals surface area contributed by atoms with E-state index in [2.05, 4.69) is 16.6 Å². The number of nitrogens with one attached hydrogen (secondary N) is 1. The van der Waals surface area contributed by atoms with E-state index in [9.17, 15) is 9.59 Å². The van der Waals surface area contributed by atoms with Crippen molar-refractivity contribution in [2.24, 2.45) is 0 Å². The maximum atomic E-state index is 11.7. The van der Waals surface area contributed by atoms with Gasteiger partial charge in [-0.1, -0.05) is 12.6 Å². The van der Waals surface area contributed by atoms with Crippen molar-refractivity contribution >= 4 is 11.9 Å². The predicted molar refractivity (Wildman–Crippen MR) is 72.5 cm³/mol. The highest BCUT2D eigenvalue weighted by Crippen LogP contribution is 2.27. The number of ether oxygens (including phenoxy) is 3. The zero-order valence-corrected chi connectivity index (χ0v) is 11.7. The van der Waals surface area contributed by atoms with E-state index in [1.807, 2.05) is 0 Å². The Morgan fingerprint density at radius 1 is 1.15 bits per heavy atom. The van der Waals surface area contributed by atoms with Crippen LogP contribution in [-0.4, -0.2) is 33.2 Å². The van der Waals surface area contributed by atoms with Crippen molar-refractivity contribution in [1.82, 2.24) is 5.32 Å². The minimum atomic E-state index is -0.675. The Balaban J connectivity index is 2.71. The molecule has 1 aromatic carbocycles. The van der Waals surface area contributed by atoms with Crippen LogP contribution >= 0.6 is 0 Å². The summed E-state index contributed by atoms with van der Waals surface area (Å²) >= 11 is 0. The molecule has 0 aromatic heterocycles. The lowest BCUT2D eigenvalue weighted by Crippen LogP contribution is -2.28. The van der Waals surface area contributed by atoms with Crippen molar-refractivity contribution in [1.29, 1.82) is 0 Å². The first-order chi connectivity index (χ1) is 9.51. The van der Waals surface area contributed by atoms with Gasteiger partial charge in [-0.3, -0.25) is 4.79 Å². The average molecular weight is 279 g/mol. The van der Waals surface area contributed by atoms with Gasteiger partial charge in [0.2, 0.25) is 5.91 Å². The van der Waals surface area contributed by atoms with Gasteiger partial charge in [-0.25, -0.2) is 4.79 Å². The molecule has 0 saturated heterocycles. The van der Waals surface area contributed by atoms with Crippen molar-refractivity contribution in [3.63, 3.8) is 0 Å². The number of carbonyl (C=O) groups excluding carboxylic acids is 2. The molecule has 1 N–H and O–H groups in total. The van der Waals surface area contributed by atoms with Crippen LogP contribution in [0.5, 0.6) is 11.5 Å². The van der Waals surface area contributed by atoms with Crippen molar-refractivity contribution in [3.05, 3.63) is 36.0 Å². The Labute approximate surface area is 117 Å². The molecule has 0 atom stereocenters. The van der Waals surface area contributed by atoms with E-state index in [1.165, 1.54) is 21.3 Å². The summed E-state index contributed by atoms with van der Waals surface area (Å²) in [6, 6.07) is 5.14. The standard InChI is InChI=1S/C14H17NO5/c1-9(14(17)20-4)15-13(16)8-10-5-6-11(18-2)12(7-10)19-3/h5-7H,1,8H2,2-4H3,(H,15,16). The van der Waals surface area contributed by atoms with Crippen LogP contribution in [-0.2, 0) is 20.7 Å². The molecule has 0 aliphatic carbocycles. The third-order valence-corrected chi connectivity index (χ3v) is 2.53. The Hall–Kier alpha value is -2.50. The van der Waals surface area contributed by atoms with Gasteiger partial charge >= 0.3 is 5.97 Å². The highest BCUT2D eigenvalue weighted by atomic mass is 16.5. The molecule has 0 aliphatic heterocycles. The predicted octanol–water partition coefficient (Wildman–Crippen LogP) is 1.05. The lowest BCUT2D eigenvalue weighted by Gasteiger charge is -2.10. The number of rotatable bonds is 6. The van der Waals surface area contributed by atoms with Crippen LogP contribution in [0.4, 0.5) is 0 Å². The number of carbonyl (C=O) groups is 2. The molecule has 0 unspecified atom stereocenters. The summed E-state index contributed by atoms with van der Waals surface area (Å²) in [4.78, 5) is 22.9. The number of hydrogen-bond acceptors (Lipinski definition) is 5. The second-order valence-electron chi connectivity index (χ2n) is 3.88. The molecule has 20 heavy (non-hydrogen) atoms. The number of methoxy groups -OCH3 is 3. The summed E-state index contributed by atoms with van der Waals surface area (Å²) in [6.07, 6.45) is 0.0797. The van der Waals surface area contributed by atoms with Crippen molar-refractivity contribution in [2.45, 2.75) is 6.42 Å². The fraction of sp³-hybridized carbons (Fsp3) is 0.286. The average Bonchev–Trinajstić information content (AvgIpc) is 2.45. The largest absolute Gasteiger partial charge is 0.493 e. The summed E-state index contributed by atoms with van der Waals surface area (Å²) in [5, 5.41) is 2.37. The second kappa shape index (κ2) is 7.18. The van der Waals surface area contributed by atoms with E-state index in [0.29, 0.717) is 11.5 Å². The van der Waals surface area contributed by atoms with Crippen molar-refractivity contribution in [3.8, 4) is 11.5 Å². The first-order valence-corrected chi connectivity index (χ1v) is 5.79.